The highest BCUT2D eigenvalue weighted by Gasteiger charge is 2.15. The van der Waals surface area contributed by atoms with Gasteiger partial charge in [0.2, 0.25) is 0 Å². The smallest absolute Gasteiger partial charge is 0.160 e. The molecule has 0 heterocycles. The van der Waals surface area contributed by atoms with Gasteiger partial charge in [0.05, 0.1) is 0 Å². The molecule has 2 heteroatoms. The first-order valence-electron chi connectivity index (χ1n) is 3.75. The maximum atomic E-state index is 12.5. The molecule has 0 N–H and O–H groups in total. The predicted molar refractivity (Wildman–Crippen MR) is 44.0 cm³/mol. The van der Waals surface area contributed by atoms with Gasteiger partial charge in [0.15, 0.2) is 5.78 Å². The summed E-state index contributed by atoms with van der Waals surface area (Å²) in [6.45, 7) is 0. The number of carbonyl (C=O) groups excluding carboxylic acids is 1. The van der Waals surface area contributed by atoms with Crippen LogP contribution in [0.25, 0.3) is 5.57 Å². The minimum absolute atomic E-state index is 0.148. The minimum atomic E-state index is -0.245. The number of hydrogen-bond donors (Lipinski definition) is 0. The second kappa shape index (κ2) is 2.55. The Balaban J connectivity index is 2.31. The van der Waals surface area contributed by atoms with Crippen LogP contribution in [-0.4, -0.2) is 5.78 Å². The number of benzene rings is 1. The van der Waals surface area contributed by atoms with Gasteiger partial charge >= 0.3 is 0 Å². The van der Waals surface area contributed by atoms with Crippen LogP contribution in [0, 0.1) is 5.82 Å². The molecular weight excluding hydrogens is 155 g/mol. The van der Waals surface area contributed by atoms with Gasteiger partial charge < -0.3 is 0 Å². The predicted octanol–water partition coefficient (Wildman–Crippen LogP) is 2.18. The molecule has 0 atom stereocenters. The highest BCUT2D eigenvalue weighted by Crippen LogP contribution is 2.25. The fraction of sp³-hybridized carbons (Fsp3) is 0.100. The lowest BCUT2D eigenvalue weighted by Gasteiger charge is -2.12. The van der Waals surface area contributed by atoms with Crippen LogP contribution in [0.1, 0.15) is 12.0 Å². The van der Waals surface area contributed by atoms with Gasteiger partial charge in [-0.3, -0.25) is 4.79 Å². The summed E-state index contributed by atoms with van der Waals surface area (Å²) in [5.41, 5.74) is 1.94. The van der Waals surface area contributed by atoms with Crippen LogP contribution < -0.4 is 0 Å². The third-order valence-corrected chi connectivity index (χ3v) is 1.91. The quantitative estimate of drug-likeness (QED) is 0.618. The molecule has 1 aliphatic rings. The Morgan fingerprint density at radius 2 is 1.75 bits per heavy atom. The van der Waals surface area contributed by atoms with Crippen LogP contribution in [0.5, 0.6) is 0 Å². The van der Waals surface area contributed by atoms with Crippen molar-refractivity contribution >= 4 is 11.4 Å². The van der Waals surface area contributed by atoms with E-state index in [9.17, 15) is 9.18 Å². The third kappa shape index (κ3) is 1.16. The maximum absolute atomic E-state index is 12.5. The largest absolute Gasteiger partial charge is 0.294 e. The Kier molecular flexibility index (Phi) is 1.54. The summed E-state index contributed by atoms with van der Waals surface area (Å²) < 4.78 is 12.5. The summed E-state index contributed by atoms with van der Waals surface area (Å²) >= 11 is 0. The molecule has 2 rings (SSSR count). The fourth-order valence-corrected chi connectivity index (χ4v) is 1.20. The van der Waals surface area contributed by atoms with Crippen LogP contribution in [0.4, 0.5) is 4.39 Å². The third-order valence-electron chi connectivity index (χ3n) is 1.91. The number of rotatable bonds is 1. The first kappa shape index (κ1) is 7.22. The number of carbonyl (C=O) groups is 1. The molecule has 1 aliphatic carbocycles. The Morgan fingerprint density at radius 3 is 2.25 bits per heavy atom. The lowest BCUT2D eigenvalue weighted by Crippen LogP contribution is -2.06. The number of hydrogen-bond acceptors (Lipinski definition) is 1. The second-order valence-electron chi connectivity index (χ2n) is 2.82. The minimum Gasteiger partial charge on any atom is -0.294 e. The van der Waals surface area contributed by atoms with Crippen molar-refractivity contribution in [1.82, 2.24) is 0 Å². The molecule has 0 unspecified atom stereocenters. The Bertz CT molecular complexity index is 349. The lowest BCUT2D eigenvalue weighted by molar-refractivity contribution is -0.114. The van der Waals surface area contributed by atoms with Crippen LogP contribution in [0.2, 0.25) is 0 Å². The van der Waals surface area contributed by atoms with Crippen molar-refractivity contribution in [3.05, 3.63) is 41.7 Å². The van der Waals surface area contributed by atoms with Crippen molar-refractivity contribution in [1.29, 1.82) is 0 Å². The maximum Gasteiger partial charge on any atom is 0.160 e. The molecule has 0 saturated carbocycles. The van der Waals surface area contributed by atoms with E-state index in [1.165, 1.54) is 12.1 Å². The molecule has 0 aliphatic heterocycles. The van der Waals surface area contributed by atoms with Crippen LogP contribution >= 0.6 is 0 Å². The van der Waals surface area contributed by atoms with Crippen LogP contribution in [0.15, 0.2) is 30.3 Å². The first-order valence-corrected chi connectivity index (χ1v) is 3.75. The van der Waals surface area contributed by atoms with Crippen LogP contribution in [-0.2, 0) is 4.79 Å². The van der Waals surface area contributed by atoms with E-state index in [1.54, 1.807) is 18.2 Å². The van der Waals surface area contributed by atoms with Gasteiger partial charge in [-0.1, -0.05) is 12.1 Å². The SMILES string of the molecule is O=C1C=C(c2ccc(F)cc2)C1. The van der Waals surface area contributed by atoms with E-state index in [4.69, 9.17) is 0 Å². The highest BCUT2D eigenvalue weighted by atomic mass is 19.1. The first-order chi connectivity index (χ1) is 5.75. The van der Waals surface area contributed by atoms with Gasteiger partial charge in [-0.15, -0.1) is 0 Å². The molecule has 0 saturated heterocycles. The van der Waals surface area contributed by atoms with E-state index in [1.807, 2.05) is 0 Å². The van der Waals surface area contributed by atoms with Gasteiger partial charge in [-0.05, 0) is 29.3 Å². The molecule has 60 valence electrons. The van der Waals surface area contributed by atoms with E-state index in [0.29, 0.717) is 6.42 Å². The molecule has 0 spiro atoms. The van der Waals surface area contributed by atoms with Gasteiger partial charge in [0, 0.05) is 6.42 Å². The topological polar surface area (TPSA) is 17.1 Å². The standard InChI is InChI=1S/C10H7FO/c11-9-3-1-7(2-4-9)8-5-10(12)6-8/h1-5H,6H2. The lowest BCUT2D eigenvalue weighted by atomic mass is 9.91. The molecule has 0 fully saturated rings. The average molecular weight is 162 g/mol. The molecule has 0 bridgehead atoms. The van der Waals surface area contributed by atoms with Gasteiger partial charge in [-0.2, -0.15) is 0 Å². The molecule has 0 amide bonds. The van der Waals surface area contributed by atoms with Crippen molar-refractivity contribution in [2.24, 2.45) is 0 Å². The van der Waals surface area contributed by atoms with Crippen molar-refractivity contribution < 1.29 is 9.18 Å². The molecule has 0 aromatic heterocycles. The summed E-state index contributed by atoms with van der Waals surface area (Å²) in [7, 11) is 0. The average Bonchev–Trinajstić information content (AvgIpc) is 2.01. The molecule has 1 nitrogen and oxygen atoms in total. The summed E-state index contributed by atoms with van der Waals surface area (Å²) in [4.78, 5) is 10.6. The zero-order chi connectivity index (χ0) is 8.55. The zero-order valence-electron chi connectivity index (χ0n) is 6.38. The number of allylic oxidation sites excluding steroid dienone is 2. The van der Waals surface area contributed by atoms with E-state index >= 15 is 0 Å². The highest BCUT2D eigenvalue weighted by molar-refractivity contribution is 6.11. The van der Waals surface area contributed by atoms with Crippen molar-refractivity contribution in [2.45, 2.75) is 6.42 Å². The van der Waals surface area contributed by atoms with Crippen molar-refractivity contribution in [3.8, 4) is 0 Å². The second-order valence-corrected chi connectivity index (χ2v) is 2.82. The summed E-state index contributed by atoms with van der Waals surface area (Å²) in [6, 6.07) is 6.18. The van der Waals surface area contributed by atoms with Gasteiger partial charge in [0.25, 0.3) is 0 Å². The van der Waals surface area contributed by atoms with E-state index in [2.05, 4.69) is 0 Å². The summed E-state index contributed by atoms with van der Waals surface area (Å²) in [5, 5.41) is 0. The molecule has 1 aromatic rings. The number of ketones is 1. The van der Waals surface area contributed by atoms with E-state index in [0.717, 1.165) is 11.1 Å². The summed E-state index contributed by atoms with van der Waals surface area (Å²) in [6.07, 6.45) is 2.08. The Hall–Kier alpha value is -1.44. The van der Waals surface area contributed by atoms with Crippen molar-refractivity contribution in [2.75, 3.05) is 0 Å². The molecule has 1 aromatic carbocycles. The molecule has 12 heavy (non-hydrogen) atoms. The van der Waals surface area contributed by atoms with E-state index < -0.39 is 0 Å². The number of halogens is 1. The zero-order valence-corrected chi connectivity index (χ0v) is 6.38. The van der Waals surface area contributed by atoms with Crippen molar-refractivity contribution in [3.63, 3.8) is 0 Å². The summed E-state index contributed by atoms with van der Waals surface area (Å²) in [5.74, 6) is -0.0978. The monoisotopic (exact) mass is 162 g/mol. The van der Waals surface area contributed by atoms with Gasteiger partial charge in [0.1, 0.15) is 5.82 Å². The Labute approximate surface area is 69.5 Å². The van der Waals surface area contributed by atoms with Gasteiger partial charge in [-0.25, -0.2) is 4.39 Å². The molecule has 0 radical (unpaired) electrons. The van der Waals surface area contributed by atoms with E-state index in [-0.39, 0.29) is 11.6 Å². The molecular formula is C10H7FO. The van der Waals surface area contributed by atoms with Crippen LogP contribution in [0.3, 0.4) is 0 Å². The Morgan fingerprint density at radius 1 is 1.17 bits per heavy atom. The fourth-order valence-electron chi connectivity index (χ4n) is 1.20. The normalized spacial score (nSPS) is 15.4.